The van der Waals surface area contributed by atoms with E-state index in [4.69, 9.17) is 0 Å². The van der Waals surface area contributed by atoms with Gasteiger partial charge in [0.25, 0.3) is 0 Å². The fourth-order valence-electron chi connectivity index (χ4n) is 3.38. The van der Waals surface area contributed by atoms with Crippen LogP contribution < -0.4 is 10.6 Å². The lowest BCUT2D eigenvalue weighted by molar-refractivity contribution is 0.242. The Morgan fingerprint density at radius 3 is 2.48 bits per heavy atom. The molecule has 2 aromatic carbocycles. The fourth-order valence-corrected chi connectivity index (χ4v) is 3.38. The third-order valence-corrected chi connectivity index (χ3v) is 4.79. The van der Waals surface area contributed by atoms with Crippen LogP contribution in [0.2, 0.25) is 0 Å². The molecule has 0 aliphatic carbocycles. The van der Waals surface area contributed by atoms with Crippen LogP contribution in [-0.2, 0) is 26.1 Å². The number of hydrogen-bond donors (Lipinski definition) is 3. The van der Waals surface area contributed by atoms with Gasteiger partial charge in [0.05, 0.1) is 5.69 Å². The summed E-state index contributed by atoms with van der Waals surface area (Å²) in [6.45, 7) is 3.16. The van der Waals surface area contributed by atoms with Crippen LogP contribution in [0.25, 0.3) is 0 Å². The van der Waals surface area contributed by atoms with Crippen molar-refractivity contribution in [3.63, 3.8) is 0 Å². The largest absolute Gasteiger partial charge is 0.334 e. The van der Waals surface area contributed by atoms with Crippen LogP contribution in [0.1, 0.15) is 22.4 Å². The number of urea groups is 1. The molecule has 1 aromatic heterocycles. The lowest BCUT2D eigenvalue weighted by Crippen LogP contribution is -2.31. The molecular weight excluding hydrogens is 338 g/mol. The van der Waals surface area contributed by atoms with Crippen LogP contribution in [0, 0.1) is 0 Å². The molecule has 1 aliphatic rings. The van der Waals surface area contributed by atoms with Gasteiger partial charge in [-0.3, -0.25) is 15.3 Å². The average molecular weight is 361 g/mol. The van der Waals surface area contributed by atoms with Crippen molar-refractivity contribution in [1.29, 1.82) is 0 Å². The van der Waals surface area contributed by atoms with E-state index in [0.29, 0.717) is 12.4 Å². The lowest BCUT2D eigenvalue weighted by Gasteiger charge is -2.26. The molecule has 0 radical (unpaired) electrons. The molecule has 27 heavy (non-hydrogen) atoms. The number of aromatic nitrogens is 2. The number of nitrogens with zero attached hydrogens (tertiary/aromatic N) is 2. The van der Waals surface area contributed by atoms with Gasteiger partial charge in [0.1, 0.15) is 0 Å². The minimum Gasteiger partial charge on any atom is -0.334 e. The summed E-state index contributed by atoms with van der Waals surface area (Å²) >= 11 is 0. The predicted molar refractivity (Wildman–Crippen MR) is 105 cm³/mol. The van der Waals surface area contributed by atoms with Gasteiger partial charge in [0, 0.05) is 31.7 Å². The topological polar surface area (TPSA) is 73.0 Å². The van der Waals surface area contributed by atoms with Crippen molar-refractivity contribution in [1.82, 2.24) is 20.4 Å². The first kappa shape index (κ1) is 17.3. The second-order valence-electron chi connectivity index (χ2n) is 6.77. The van der Waals surface area contributed by atoms with Gasteiger partial charge >= 0.3 is 6.03 Å². The predicted octanol–water partition coefficient (Wildman–Crippen LogP) is 3.29. The zero-order valence-electron chi connectivity index (χ0n) is 15.1. The van der Waals surface area contributed by atoms with Gasteiger partial charge in [0.15, 0.2) is 5.82 Å². The normalized spacial score (nSPS) is 13.8. The maximum atomic E-state index is 12.2. The molecule has 0 saturated carbocycles. The van der Waals surface area contributed by atoms with Crippen molar-refractivity contribution in [2.75, 3.05) is 11.9 Å². The number of amides is 2. The van der Waals surface area contributed by atoms with E-state index in [1.165, 1.54) is 5.56 Å². The van der Waals surface area contributed by atoms with Crippen molar-refractivity contribution in [2.45, 2.75) is 26.1 Å². The third kappa shape index (κ3) is 4.35. The average Bonchev–Trinajstić information content (AvgIpc) is 3.10. The summed E-state index contributed by atoms with van der Waals surface area (Å²) in [6.07, 6.45) is 0.868. The molecule has 6 nitrogen and oxygen atoms in total. The highest BCUT2D eigenvalue weighted by Crippen LogP contribution is 2.24. The Balaban J connectivity index is 1.33. The molecule has 138 valence electrons. The van der Waals surface area contributed by atoms with Gasteiger partial charge in [-0.25, -0.2) is 4.79 Å². The zero-order chi connectivity index (χ0) is 18.5. The SMILES string of the molecule is O=C(NCc1ccccc1)Nc1n[nH]c2c1CCN(Cc1ccccc1)C2. The van der Waals surface area contributed by atoms with Gasteiger partial charge in [-0.1, -0.05) is 60.7 Å². The maximum absolute atomic E-state index is 12.2. The van der Waals surface area contributed by atoms with Crippen molar-refractivity contribution >= 4 is 11.8 Å². The number of benzene rings is 2. The molecule has 2 heterocycles. The summed E-state index contributed by atoms with van der Waals surface area (Å²) in [5.41, 5.74) is 4.55. The molecule has 0 fully saturated rings. The lowest BCUT2D eigenvalue weighted by atomic mass is 10.1. The number of hydrogen-bond acceptors (Lipinski definition) is 3. The summed E-state index contributed by atoms with van der Waals surface area (Å²) in [7, 11) is 0. The van der Waals surface area contributed by atoms with Crippen LogP contribution in [0.5, 0.6) is 0 Å². The first-order valence-electron chi connectivity index (χ1n) is 9.19. The van der Waals surface area contributed by atoms with E-state index in [9.17, 15) is 4.79 Å². The van der Waals surface area contributed by atoms with Gasteiger partial charge in [-0.05, 0) is 17.5 Å². The molecular formula is C21H23N5O. The molecule has 0 unspecified atom stereocenters. The van der Waals surface area contributed by atoms with E-state index in [1.807, 2.05) is 36.4 Å². The second kappa shape index (κ2) is 8.05. The zero-order valence-corrected chi connectivity index (χ0v) is 15.1. The number of anilines is 1. The van der Waals surface area contributed by atoms with Gasteiger partial charge in [-0.15, -0.1) is 0 Å². The quantitative estimate of drug-likeness (QED) is 0.653. The number of carbonyl (C=O) groups excluding carboxylic acids is 1. The highest BCUT2D eigenvalue weighted by molar-refractivity contribution is 5.89. The van der Waals surface area contributed by atoms with Crippen LogP contribution in [-0.4, -0.2) is 27.7 Å². The van der Waals surface area contributed by atoms with Crippen molar-refractivity contribution in [3.8, 4) is 0 Å². The van der Waals surface area contributed by atoms with Gasteiger partial charge in [0.2, 0.25) is 0 Å². The maximum Gasteiger partial charge on any atom is 0.320 e. The number of fused-ring (bicyclic) bond motifs is 1. The number of rotatable bonds is 5. The Kier molecular flexibility index (Phi) is 5.16. The fraction of sp³-hybridized carbons (Fsp3) is 0.238. The molecule has 6 heteroatoms. The summed E-state index contributed by atoms with van der Waals surface area (Å²) in [5, 5.41) is 13.1. The molecule has 0 bridgehead atoms. The molecule has 1 aliphatic heterocycles. The van der Waals surface area contributed by atoms with E-state index >= 15 is 0 Å². The Labute approximate surface area is 158 Å². The molecule has 0 saturated heterocycles. The van der Waals surface area contributed by atoms with E-state index in [1.54, 1.807) is 0 Å². The van der Waals surface area contributed by atoms with Crippen LogP contribution >= 0.6 is 0 Å². The molecule has 4 rings (SSSR count). The first-order valence-corrected chi connectivity index (χ1v) is 9.19. The Morgan fingerprint density at radius 2 is 1.74 bits per heavy atom. The van der Waals surface area contributed by atoms with E-state index in [-0.39, 0.29) is 6.03 Å². The standard InChI is InChI=1S/C21H23N5O/c27-21(22-13-16-7-3-1-4-8-16)23-20-18-11-12-26(15-19(18)24-25-20)14-17-9-5-2-6-10-17/h1-10H,11-15H2,(H3,22,23,24,25,27). The van der Waals surface area contributed by atoms with E-state index < -0.39 is 0 Å². The second-order valence-corrected chi connectivity index (χ2v) is 6.77. The smallest absolute Gasteiger partial charge is 0.320 e. The molecule has 3 aromatic rings. The van der Waals surface area contributed by atoms with Crippen molar-refractivity contribution < 1.29 is 4.79 Å². The van der Waals surface area contributed by atoms with Crippen LogP contribution in [0.3, 0.4) is 0 Å². The molecule has 0 spiro atoms. The van der Waals surface area contributed by atoms with E-state index in [0.717, 1.165) is 42.9 Å². The van der Waals surface area contributed by atoms with Crippen LogP contribution in [0.15, 0.2) is 60.7 Å². The first-order chi connectivity index (χ1) is 13.3. The van der Waals surface area contributed by atoms with Gasteiger partial charge < -0.3 is 5.32 Å². The number of nitrogens with one attached hydrogen (secondary N) is 3. The summed E-state index contributed by atoms with van der Waals surface area (Å²) in [6, 6.07) is 20.1. The highest BCUT2D eigenvalue weighted by atomic mass is 16.2. The number of carbonyl (C=O) groups is 1. The summed E-state index contributed by atoms with van der Waals surface area (Å²) in [4.78, 5) is 14.6. The van der Waals surface area contributed by atoms with Gasteiger partial charge in [-0.2, -0.15) is 5.10 Å². The molecule has 2 amide bonds. The third-order valence-electron chi connectivity index (χ3n) is 4.79. The number of aromatic amines is 1. The highest BCUT2D eigenvalue weighted by Gasteiger charge is 2.22. The Hall–Kier alpha value is -3.12. The minimum absolute atomic E-state index is 0.236. The Morgan fingerprint density at radius 1 is 1.04 bits per heavy atom. The number of H-pyrrole nitrogens is 1. The monoisotopic (exact) mass is 361 g/mol. The molecule has 0 atom stereocenters. The van der Waals surface area contributed by atoms with E-state index in [2.05, 4.69) is 50.0 Å². The van der Waals surface area contributed by atoms with Crippen molar-refractivity contribution in [3.05, 3.63) is 83.0 Å². The minimum atomic E-state index is -0.236. The molecule has 3 N–H and O–H groups in total. The summed E-state index contributed by atoms with van der Waals surface area (Å²) < 4.78 is 0. The summed E-state index contributed by atoms with van der Waals surface area (Å²) in [5.74, 6) is 0.634. The Bertz CT molecular complexity index is 891. The van der Waals surface area contributed by atoms with Crippen molar-refractivity contribution in [2.24, 2.45) is 0 Å². The van der Waals surface area contributed by atoms with Crippen LogP contribution in [0.4, 0.5) is 10.6 Å².